The summed E-state index contributed by atoms with van der Waals surface area (Å²) in [5, 5.41) is 18.6. The molecular formula is C24H31CuN7S2. The van der Waals surface area contributed by atoms with E-state index < -0.39 is 0 Å². The van der Waals surface area contributed by atoms with E-state index in [0.29, 0.717) is 27.4 Å². The fourth-order valence-electron chi connectivity index (χ4n) is 3.02. The summed E-state index contributed by atoms with van der Waals surface area (Å²) >= 11 is 11.0. The first kappa shape index (κ1) is 29.5. The fraction of sp³-hybridized carbons (Fsp3) is 0.333. The molecule has 0 aliphatic rings. The van der Waals surface area contributed by atoms with Gasteiger partial charge in [0.1, 0.15) is 11.4 Å². The fourth-order valence-corrected chi connectivity index (χ4v) is 3.62. The monoisotopic (exact) mass is 544 g/mol. The number of hydrogen-bond acceptors (Lipinski definition) is 7. The molecule has 0 unspecified atom stereocenters. The van der Waals surface area contributed by atoms with E-state index in [1.165, 1.54) is 0 Å². The molecule has 0 saturated carbocycles. The van der Waals surface area contributed by atoms with Gasteiger partial charge in [0, 0.05) is 53.3 Å². The molecular weight excluding hydrogens is 514 g/mol. The number of rotatable bonds is 9. The zero-order valence-corrected chi connectivity index (χ0v) is 22.5. The molecule has 0 spiro atoms. The second-order valence-electron chi connectivity index (χ2n) is 6.99. The third-order valence-electron chi connectivity index (χ3n) is 4.99. The van der Waals surface area contributed by atoms with Gasteiger partial charge in [0.2, 0.25) is 0 Å². The van der Waals surface area contributed by atoms with E-state index in [1.54, 1.807) is 0 Å². The van der Waals surface area contributed by atoms with Crippen molar-refractivity contribution in [2.75, 3.05) is 31.9 Å². The van der Waals surface area contributed by atoms with Crippen LogP contribution in [0.2, 0.25) is 0 Å². The molecule has 10 heteroatoms. The van der Waals surface area contributed by atoms with Gasteiger partial charge in [0.05, 0.1) is 0 Å². The predicted molar refractivity (Wildman–Crippen MR) is 146 cm³/mol. The Bertz CT molecular complexity index is 998. The van der Waals surface area contributed by atoms with Gasteiger partial charge in [-0.1, -0.05) is 42.5 Å². The quantitative estimate of drug-likeness (QED) is 0.129. The van der Waals surface area contributed by atoms with Crippen LogP contribution in [0.1, 0.15) is 38.8 Å². The molecule has 0 amide bonds. The number of nitrogen functional groups attached to an aromatic ring is 1. The molecule has 0 aliphatic heterocycles. The van der Waals surface area contributed by atoms with Gasteiger partial charge in [0.25, 0.3) is 0 Å². The van der Waals surface area contributed by atoms with Gasteiger partial charge < -0.3 is 40.8 Å². The maximum absolute atomic E-state index is 5.91. The average molecular weight is 545 g/mol. The molecule has 0 saturated heterocycles. The van der Waals surface area contributed by atoms with Crippen molar-refractivity contribution in [1.82, 2.24) is 9.80 Å². The summed E-state index contributed by atoms with van der Waals surface area (Å²) in [6.07, 6.45) is 0. The minimum Gasteiger partial charge on any atom is -0.741 e. The molecule has 2 aromatic carbocycles. The van der Waals surface area contributed by atoms with Crippen LogP contribution in [0.15, 0.2) is 75.0 Å². The second-order valence-corrected chi connectivity index (χ2v) is 7.73. The summed E-state index contributed by atoms with van der Waals surface area (Å²) < 4.78 is 0. The topological polar surface area (TPSA) is 81.9 Å². The van der Waals surface area contributed by atoms with Crippen molar-refractivity contribution in [2.24, 2.45) is 20.4 Å². The van der Waals surface area contributed by atoms with Crippen molar-refractivity contribution in [1.29, 1.82) is 0 Å². The first-order valence-corrected chi connectivity index (χ1v) is 11.8. The number of anilines is 1. The smallest absolute Gasteiger partial charge is 0.741 e. The van der Waals surface area contributed by atoms with Crippen molar-refractivity contribution in [2.45, 2.75) is 27.7 Å². The number of hydrogen-bond donors (Lipinski definition) is 1. The minimum absolute atomic E-state index is 0. The maximum atomic E-state index is 5.91. The molecule has 2 N–H and O–H groups in total. The van der Waals surface area contributed by atoms with Gasteiger partial charge in [-0.05, 0) is 39.8 Å². The number of nitrogens with two attached hydrogens (primary N) is 1. The van der Waals surface area contributed by atoms with Crippen molar-refractivity contribution in [3.05, 3.63) is 65.7 Å². The van der Waals surface area contributed by atoms with Gasteiger partial charge in [-0.15, -0.1) is 10.2 Å². The van der Waals surface area contributed by atoms with E-state index in [1.807, 2.05) is 92.1 Å². The first-order valence-electron chi connectivity index (χ1n) is 11.0. The van der Waals surface area contributed by atoms with Gasteiger partial charge in [-0.3, -0.25) is 0 Å². The molecule has 185 valence electrons. The van der Waals surface area contributed by atoms with Crippen molar-refractivity contribution < 1.29 is 17.1 Å². The standard InChI is InChI=1S/C24H33N7S2.Cu/c1-5-30(6-2)23(32)28-26-21(18-12-10-9-11-13-18)22(19-14-16-20(25)17-15-19)27-29-24(33)31(7-3)8-4;/h9-17H,5-8,25H2,1-4H3,(H,28,32)(H,29,33);/q;+2/p-2/b26-21+,27-22+;. The molecule has 2 aromatic rings. The van der Waals surface area contributed by atoms with E-state index in [4.69, 9.17) is 31.0 Å². The molecule has 0 aliphatic carbocycles. The Labute approximate surface area is 224 Å². The molecule has 34 heavy (non-hydrogen) atoms. The minimum atomic E-state index is 0. The summed E-state index contributed by atoms with van der Waals surface area (Å²) in [5.41, 5.74) is 9.27. The molecule has 0 bridgehead atoms. The van der Waals surface area contributed by atoms with Gasteiger partial charge in [-0.2, -0.15) is 10.2 Å². The van der Waals surface area contributed by atoms with Crippen LogP contribution in [0.3, 0.4) is 0 Å². The van der Waals surface area contributed by atoms with Crippen molar-refractivity contribution in [3.63, 3.8) is 0 Å². The summed E-state index contributed by atoms with van der Waals surface area (Å²) in [6.45, 7) is 11.1. The Balaban J connectivity index is 0.00000578. The third-order valence-corrected chi connectivity index (χ3v) is 5.67. The van der Waals surface area contributed by atoms with E-state index in [2.05, 4.69) is 20.4 Å². The average Bonchev–Trinajstić information content (AvgIpc) is 2.84. The van der Waals surface area contributed by atoms with Gasteiger partial charge in [0.15, 0.2) is 0 Å². The van der Waals surface area contributed by atoms with Crippen LogP contribution in [0.25, 0.3) is 0 Å². The van der Waals surface area contributed by atoms with Gasteiger partial charge >= 0.3 is 17.1 Å². The summed E-state index contributed by atoms with van der Waals surface area (Å²) in [7, 11) is 0. The van der Waals surface area contributed by atoms with E-state index in [0.717, 1.165) is 37.3 Å². The molecule has 0 fully saturated rings. The predicted octanol–water partition coefficient (Wildman–Crippen LogP) is 3.86. The zero-order chi connectivity index (χ0) is 24.2. The Morgan fingerprint density at radius 1 is 0.647 bits per heavy atom. The van der Waals surface area contributed by atoms with Crippen LogP contribution < -0.4 is 5.73 Å². The van der Waals surface area contributed by atoms with Gasteiger partial charge in [-0.25, -0.2) is 0 Å². The zero-order valence-electron chi connectivity index (χ0n) is 19.9. The number of nitrogens with zero attached hydrogens (tertiary/aromatic N) is 6. The Hall–Kier alpha value is -2.52. The number of amidine groups is 2. The van der Waals surface area contributed by atoms with E-state index >= 15 is 0 Å². The molecule has 0 aromatic heterocycles. The van der Waals surface area contributed by atoms with Crippen molar-refractivity contribution >= 4 is 52.7 Å². The SMILES string of the molecule is CCN(CC)/C([S-])=N/N=C(/C(=N/N=C(\[S-])N(CC)CC)c1ccc(N)cc1)c1ccccc1.[Cu+2]. The van der Waals surface area contributed by atoms with Crippen LogP contribution in [0, 0.1) is 0 Å². The van der Waals surface area contributed by atoms with E-state index in [-0.39, 0.29) is 17.1 Å². The molecule has 0 heterocycles. The molecule has 2 rings (SSSR count). The third kappa shape index (κ3) is 8.36. The second kappa shape index (κ2) is 15.4. The summed E-state index contributed by atoms with van der Waals surface area (Å²) in [6, 6.07) is 17.1. The van der Waals surface area contributed by atoms with Crippen LogP contribution in [-0.4, -0.2) is 57.7 Å². The van der Waals surface area contributed by atoms with Crippen molar-refractivity contribution in [3.8, 4) is 0 Å². The Morgan fingerprint density at radius 3 is 1.41 bits per heavy atom. The van der Waals surface area contributed by atoms with Crippen LogP contribution >= 0.6 is 0 Å². The number of benzene rings is 2. The van der Waals surface area contributed by atoms with E-state index in [9.17, 15) is 0 Å². The Morgan fingerprint density at radius 2 is 1.03 bits per heavy atom. The first-order chi connectivity index (χ1) is 15.9. The summed E-state index contributed by atoms with van der Waals surface area (Å²) in [5.74, 6) is 0. The molecule has 7 nitrogen and oxygen atoms in total. The molecule has 0 atom stereocenters. The summed E-state index contributed by atoms with van der Waals surface area (Å²) in [4.78, 5) is 3.92. The largest absolute Gasteiger partial charge is 2.00 e. The maximum Gasteiger partial charge on any atom is 2.00 e. The van der Waals surface area contributed by atoms with Crippen LogP contribution in [-0.2, 0) is 42.3 Å². The normalized spacial score (nSPS) is 12.8. The molecule has 1 radical (unpaired) electrons. The van der Waals surface area contributed by atoms with Crippen LogP contribution in [0.5, 0.6) is 0 Å². The Kier molecular flexibility index (Phi) is 13.4. The van der Waals surface area contributed by atoms with Crippen LogP contribution in [0.4, 0.5) is 5.69 Å².